The topological polar surface area (TPSA) is 74.6 Å². The Kier molecular flexibility index (Phi) is 3.49. The van der Waals surface area contributed by atoms with Gasteiger partial charge in [0.15, 0.2) is 12.1 Å². The van der Waals surface area contributed by atoms with Gasteiger partial charge < -0.3 is 4.74 Å². The normalized spacial score (nSPS) is 21.8. The molecule has 25 heavy (non-hydrogen) atoms. The van der Waals surface area contributed by atoms with Crippen molar-refractivity contribution >= 4 is 23.2 Å². The molecule has 4 rings (SSSR count). The van der Waals surface area contributed by atoms with E-state index in [1.165, 1.54) is 9.91 Å². The van der Waals surface area contributed by atoms with Gasteiger partial charge in [-0.3, -0.25) is 9.59 Å². The van der Waals surface area contributed by atoms with Crippen LogP contribution in [-0.4, -0.2) is 31.0 Å². The molecule has 1 saturated heterocycles. The smallest absolute Gasteiger partial charge is 0.263 e. The SMILES string of the molecule is COc1cccc(N2N=N[C@@H]3C(=O)N(c4ccc(C)cc4)C(=O)[C@@H]32)c1. The Morgan fingerprint density at radius 2 is 1.76 bits per heavy atom. The monoisotopic (exact) mass is 336 g/mol. The number of aryl methyl sites for hydroxylation is 1. The van der Waals surface area contributed by atoms with E-state index >= 15 is 0 Å². The molecule has 2 aliphatic heterocycles. The average molecular weight is 336 g/mol. The molecule has 2 atom stereocenters. The summed E-state index contributed by atoms with van der Waals surface area (Å²) in [5.74, 6) is -0.0389. The van der Waals surface area contributed by atoms with Crippen molar-refractivity contribution in [1.29, 1.82) is 0 Å². The molecule has 2 aromatic carbocycles. The van der Waals surface area contributed by atoms with Crippen molar-refractivity contribution in [2.75, 3.05) is 17.0 Å². The molecule has 0 saturated carbocycles. The summed E-state index contributed by atoms with van der Waals surface area (Å²) in [6.45, 7) is 1.95. The van der Waals surface area contributed by atoms with Gasteiger partial charge in [-0.15, -0.1) is 0 Å². The summed E-state index contributed by atoms with van der Waals surface area (Å²) in [7, 11) is 1.57. The van der Waals surface area contributed by atoms with E-state index in [0.29, 0.717) is 17.1 Å². The van der Waals surface area contributed by atoms with Crippen LogP contribution >= 0.6 is 0 Å². The highest BCUT2D eigenvalue weighted by Crippen LogP contribution is 2.35. The first-order valence-corrected chi connectivity index (χ1v) is 7.88. The Bertz CT molecular complexity index is 878. The maximum Gasteiger partial charge on any atom is 0.263 e. The molecule has 0 bridgehead atoms. The van der Waals surface area contributed by atoms with Gasteiger partial charge in [0.2, 0.25) is 0 Å². The molecule has 0 spiro atoms. The summed E-state index contributed by atoms with van der Waals surface area (Å²) in [6.07, 6.45) is 0. The molecule has 0 N–H and O–H groups in total. The van der Waals surface area contributed by atoms with E-state index in [1.54, 1.807) is 43.5 Å². The minimum absolute atomic E-state index is 0.327. The zero-order chi connectivity index (χ0) is 17.6. The van der Waals surface area contributed by atoms with E-state index in [1.807, 2.05) is 19.1 Å². The minimum atomic E-state index is -0.819. The van der Waals surface area contributed by atoms with Gasteiger partial charge in [-0.1, -0.05) is 29.0 Å². The van der Waals surface area contributed by atoms with Gasteiger partial charge >= 0.3 is 0 Å². The van der Waals surface area contributed by atoms with Gasteiger partial charge in [-0.25, -0.2) is 9.91 Å². The van der Waals surface area contributed by atoms with Gasteiger partial charge in [0.25, 0.3) is 11.8 Å². The molecule has 7 heteroatoms. The van der Waals surface area contributed by atoms with Crippen LogP contribution in [0.4, 0.5) is 11.4 Å². The third-order valence-corrected chi connectivity index (χ3v) is 4.39. The predicted molar refractivity (Wildman–Crippen MR) is 91.6 cm³/mol. The van der Waals surface area contributed by atoms with Crippen LogP contribution in [0.1, 0.15) is 5.56 Å². The predicted octanol–water partition coefficient (Wildman–Crippen LogP) is 2.50. The van der Waals surface area contributed by atoms with Crippen molar-refractivity contribution in [3.8, 4) is 5.75 Å². The zero-order valence-corrected chi connectivity index (χ0v) is 13.8. The number of rotatable bonds is 3. The highest BCUT2D eigenvalue weighted by Gasteiger charge is 2.55. The van der Waals surface area contributed by atoms with Gasteiger partial charge in [0, 0.05) is 6.07 Å². The standard InChI is InChI=1S/C18H16N4O3/c1-11-6-8-12(9-7-11)21-17(23)15-16(18(21)24)22(20-19-15)13-4-3-5-14(10-13)25-2/h3-10,15-16H,1-2H3/t15-,16+/m0/s1. The number of hydrogen-bond acceptors (Lipinski definition) is 6. The largest absolute Gasteiger partial charge is 0.497 e. The van der Waals surface area contributed by atoms with Crippen molar-refractivity contribution in [1.82, 2.24) is 0 Å². The molecule has 126 valence electrons. The van der Waals surface area contributed by atoms with E-state index in [-0.39, 0.29) is 11.8 Å². The van der Waals surface area contributed by atoms with E-state index < -0.39 is 12.1 Å². The lowest BCUT2D eigenvalue weighted by Gasteiger charge is -2.21. The first-order chi connectivity index (χ1) is 12.1. The Labute approximate surface area is 144 Å². The zero-order valence-electron chi connectivity index (χ0n) is 13.8. The van der Waals surface area contributed by atoms with Gasteiger partial charge in [0.05, 0.1) is 18.5 Å². The lowest BCUT2D eigenvalue weighted by Crippen LogP contribution is -2.39. The fourth-order valence-corrected chi connectivity index (χ4v) is 3.07. The fourth-order valence-electron chi connectivity index (χ4n) is 3.07. The van der Waals surface area contributed by atoms with Gasteiger partial charge in [-0.05, 0) is 31.2 Å². The number of fused-ring (bicyclic) bond motifs is 1. The second kappa shape index (κ2) is 5.70. The summed E-state index contributed by atoms with van der Waals surface area (Å²) >= 11 is 0. The molecule has 2 aliphatic rings. The van der Waals surface area contributed by atoms with Crippen molar-refractivity contribution in [2.45, 2.75) is 19.0 Å². The van der Waals surface area contributed by atoms with Crippen molar-refractivity contribution in [3.05, 3.63) is 54.1 Å². The van der Waals surface area contributed by atoms with Crippen molar-refractivity contribution in [3.63, 3.8) is 0 Å². The second-order valence-electron chi connectivity index (χ2n) is 5.99. The molecule has 0 radical (unpaired) electrons. The molecule has 0 aliphatic carbocycles. The van der Waals surface area contributed by atoms with Crippen LogP contribution in [0.25, 0.3) is 0 Å². The van der Waals surface area contributed by atoms with Crippen LogP contribution < -0.4 is 14.6 Å². The molecule has 2 heterocycles. The average Bonchev–Trinajstić information content (AvgIpc) is 3.17. The number of methoxy groups -OCH3 is 1. The highest BCUT2D eigenvalue weighted by atomic mass is 16.5. The van der Waals surface area contributed by atoms with Gasteiger partial charge in [0.1, 0.15) is 5.75 Å². The summed E-state index contributed by atoms with van der Waals surface area (Å²) in [5.41, 5.74) is 2.26. The third-order valence-electron chi connectivity index (χ3n) is 4.39. The molecular weight excluding hydrogens is 320 g/mol. The first-order valence-electron chi connectivity index (χ1n) is 7.88. The molecule has 0 unspecified atom stereocenters. The maximum absolute atomic E-state index is 12.9. The molecular formula is C18H16N4O3. The number of imide groups is 1. The summed E-state index contributed by atoms with van der Waals surface area (Å²) in [4.78, 5) is 26.8. The number of carbonyl (C=O) groups is 2. The van der Waals surface area contributed by atoms with Crippen LogP contribution in [-0.2, 0) is 9.59 Å². The van der Waals surface area contributed by atoms with Crippen LogP contribution in [0, 0.1) is 6.92 Å². The molecule has 7 nitrogen and oxygen atoms in total. The van der Waals surface area contributed by atoms with Crippen molar-refractivity contribution < 1.29 is 14.3 Å². The third kappa shape index (κ3) is 2.36. The van der Waals surface area contributed by atoms with E-state index in [9.17, 15) is 9.59 Å². The van der Waals surface area contributed by atoms with E-state index in [2.05, 4.69) is 10.3 Å². The fraction of sp³-hybridized carbons (Fsp3) is 0.222. The quantitative estimate of drug-likeness (QED) is 0.807. The lowest BCUT2D eigenvalue weighted by molar-refractivity contribution is -0.121. The molecule has 2 amide bonds. The number of anilines is 2. The Balaban J connectivity index is 1.69. The molecule has 0 aromatic heterocycles. The van der Waals surface area contributed by atoms with E-state index in [4.69, 9.17) is 4.74 Å². The highest BCUT2D eigenvalue weighted by molar-refractivity contribution is 6.26. The van der Waals surface area contributed by atoms with E-state index in [0.717, 1.165) is 5.56 Å². The summed E-state index contributed by atoms with van der Waals surface area (Å²) in [5, 5.41) is 9.56. The maximum atomic E-state index is 12.9. The summed E-state index contributed by atoms with van der Waals surface area (Å²) in [6, 6.07) is 12.8. The molecule has 2 aromatic rings. The molecule has 1 fully saturated rings. The number of benzene rings is 2. The van der Waals surface area contributed by atoms with Crippen LogP contribution in [0.15, 0.2) is 58.9 Å². The first kappa shape index (κ1) is 15.3. The van der Waals surface area contributed by atoms with Crippen LogP contribution in [0.5, 0.6) is 5.75 Å². The number of hydrogen-bond donors (Lipinski definition) is 0. The van der Waals surface area contributed by atoms with Crippen LogP contribution in [0.3, 0.4) is 0 Å². The number of carbonyl (C=O) groups excluding carboxylic acids is 2. The van der Waals surface area contributed by atoms with Crippen LogP contribution in [0.2, 0.25) is 0 Å². The lowest BCUT2D eigenvalue weighted by atomic mass is 10.1. The summed E-state index contributed by atoms with van der Waals surface area (Å²) < 4.78 is 5.21. The van der Waals surface area contributed by atoms with Crippen molar-refractivity contribution in [2.24, 2.45) is 10.3 Å². The van der Waals surface area contributed by atoms with Gasteiger partial charge in [-0.2, -0.15) is 5.11 Å². The Morgan fingerprint density at radius 3 is 2.48 bits per heavy atom. The number of amides is 2. The Morgan fingerprint density at radius 1 is 1.00 bits per heavy atom. The minimum Gasteiger partial charge on any atom is -0.497 e. The second-order valence-corrected chi connectivity index (χ2v) is 5.99. The Hall–Kier alpha value is -3.22. The number of ether oxygens (including phenoxy) is 1. The number of nitrogens with zero attached hydrogens (tertiary/aromatic N) is 4.